The van der Waals surface area contributed by atoms with Crippen molar-refractivity contribution in [3.05, 3.63) is 32.7 Å². The number of hydrogen-bond donors (Lipinski definition) is 0. The summed E-state index contributed by atoms with van der Waals surface area (Å²) in [6.07, 6.45) is 1.44. The number of hydrogen-bond acceptors (Lipinski definition) is 2. The molecule has 16 heavy (non-hydrogen) atoms. The van der Waals surface area contributed by atoms with Crippen LogP contribution < -0.4 is 0 Å². The Morgan fingerprint density at radius 3 is 2.38 bits per heavy atom. The Balaban J connectivity index is 3.00. The minimum atomic E-state index is -0.536. The van der Waals surface area contributed by atoms with Crippen LogP contribution in [0.15, 0.2) is 27.1 Å². The fourth-order valence-electron chi connectivity index (χ4n) is 1.44. The summed E-state index contributed by atoms with van der Waals surface area (Å²) >= 11 is 6.65. The van der Waals surface area contributed by atoms with Gasteiger partial charge in [0, 0.05) is 14.5 Å². The minimum Gasteiger partial charge on any atom is -0.293 e. The van der Waals surface area contributed by atoms with Gasteiger partial charge in [0.2, 0.25) is 0 Å². The Kier molecular flexibility index (Phi) is 5.17. The van der Waals surface area contributed by atoms with Gasteiger partial charge in [-0.3, -0.25) is 4.79 Å². The molecule has 0 radical (unpaired) electrons. The maximum absolute atomic E-state index is 12.0. The van der Waals surface area contributed by atoms with Gasteiger partial charge in [-0.15, -0.1) is 0 Å². The Labute approximate surface area is 112 Å². The van der Waals surface area contributed by atoms with Gasteiger partial charge in [0.15, 0.2) is 5.78 Å². The van der Waals surface area contributed by atoms with E-state index in [9.17, 15) is 4.79 Å². The molecule has 0 saturated carbocycles. The normalized spacial score (nSPS) is 11.9. The van der Waals surface area contributed by atoms with E-state index in [-0.39, 0.29) is 5.78 Å². The molecule has 2 nitrogen and oxygen atoms in total. The molecule has 0 aliphatic rings. The lowest BCUT2D eigenvalue weighted by Crippen LogP contribution is -2.12. The summed E-state index contributed by atoms with van der Waals surface area (Å²) in [6.45, 7) is 1.97. The number of Topliss-reactive ketones (excluding diaryl/α,β-unsaturated/α-hetero) is 1. The van der Waals surface area contributed by atoms with Crippen LogP contribution in [0.25, 0.3) is 0 Å². The highest BCUT2D eigenvalue weighted by Crippen LogP contribution is 2.23. The molecule has 0 aliphatic carbocycles. The predicted molar refractivity (Wildman–Crippen MR) is 70.2 cm³/mol. The third-order valence-corrected chi connectivity index (χ3v) is 3.11. The first kappa shape index (κ1) is 13.4. The lowest BCUT2D eigenvalue weighted by molar-refractivity contribution is 0.0943. The van der Waals surface area contributed by atoms with Crippen molar-refractivity contribution in [1.29, 1.82) is 5.26 Å². The Bertz CT molecular complexity index is 417. The van der Waals surface area contributed by atoms with Gasteiger partial charge >= 0.3 is 0 Å². The van der Waals surface area contributed by atoms with Crippen molar-refractivity contribution in [3.8, 4) is 6.07 Å². The summed E-state index contributed by atoms with van der Waals surface area (Å²) in [6, 6.07) is 7.41. The van der Waals surface area contributed by atoms with Crippen LogP contribution in [-0.4, -0.2) is 5.78 Å². The second kappa shape index (κ2) is 6.17. The van der Waals surface area contributed by atoms with E-state index in [1.54, 1.807) is 12.1 Å². The van der Waals surface area contributed by atoms with Gasteiger partial charge in [-0.25, -0.2) is 0 Å². The van der Waals surface area contributed by atoms with Crippen molar-refractivity contribution in [2.45, 2.75) is 19.8 Å². The number of benzene rings is 1. The number of halogens is 2. The smallest absolute Gasteiger partial charge is 0.180 e. The molecule has 1 aromatic carbocycles. The maximum atomic E-state index is 12.0. The van der Waals surface area contributed by atoms with Crippen LogP contribution in [0.3, 0.4) is 0 Å². The summed E-state index contributed by atoms with van der Waals surface area (Å²) in [4.78, 5) is 12.0. The molecule has 84 valence electrons. The Morgan fingerprint density at radius 1 is 1.38 bits per heavy atom. The molecule has 0 N–H and O–H groups in total. The molecular formula is C12H11Br2NO. The molecule has 0 aromatic heterocycles. The molecule has 1 unspecified atom stereocenters. The number of nitrogens with zero attached hydrogens (tertiary/aromatic N) is 1. The SMILES string of the molecule is CCCC(C#N)C(=O)c1cc(Br)cc(Br)c1. The van der Waals surface area contributed by atoms with Gasteiger partial charge in [-0.1, -0.05) is 45.2 Å². The second-order valence-electron chi connectivity index (χ2n) is 3.49. The first-order chi connectivity index (χ1) is 7.58. The number of carbonyl (C=O) groups excluding carboxylic acids is 1. The zero-order valence-corrected chi connectivity index (χ0v) is 12.0. The highest BCUT2D eigenvalue weighted by molar-refractivity contribution is 9.11. The fraction of sp³-hybridized carbons (Fsp3) is 0.333. The first-order valence-electron chi connectivity index (χ1n) is 4.98. The molecule has 0 heterocycles. The van der Waals surface area contributed by atoms with E-state index >= 15 is 0 Å². The Morgan fingerprint density at radius 2 is 1.94 bits per heavy atom. The summed E-state index contributed by atoms with van der Waals surface area (Å²) in [5, 5.41) is 8.93. The zero-order chi connectivity index (χ0) is 12.1. The summed E-state index contributed by atoms with van der Waals surface area (Å²) < 4.78 is 1.66. The van der Waals surface area contributed by atoms with Crippen LogP contribution in [0.1, 0.15) is 30.1 Å². The highest BCUT2D eigenvalue weighted by Gasteiger charge is 2.19. The predicted octanol–water partition coefficient (Wildman–Crippen LogP) is 4.33. The molecule has 1 rings (SSSR count). The second-order valence-corrected chi connectivity index (χ2v) is 5.32. The molecule has 0 fully saturated rings. The van der Waals surface area contributed by atoms with E-state index in [0.717, 1.165) is 15.4 Å². The molecule has 0 amide bonds. The number of carbonyl (C=O) groups is 1. The van der Waals surface area contributed by atoms with Crippen molar-refractivity contribution in [1.82, 2.24) is 0 Å². The standard InChI is InChI=1S/C12H11Br2NO/c1-2-3-8(7-15)12(16)9-4-10(13)6-11(14)5-9/h4-6,8H,2-3H2,1H3. The van der Waals surface area contributed by atoms with E-state index in [4.69, 9.17) is 5.26 Å². The number of rotatable bonds is 4. The van der Waals surface area contributed by atoms with Crippen LogP contribution in [0.2, 0.25) is 0 Å². The van der Waals surface area contributed by atoms with Crippen LogP contribution in [0, 0.1) is 17.2 Å². The molecule has 4 heteroatoms. The van der Waals surface area contributed by atoms with Gasteiger partial charge < -0.3 is 0 Å². The molecule has 0 saturated heterocycles. The van der Waals surface area contributed by atoms with E-state index < -0.39 is 5.92 Å². The van der Waals surface area contributed by atoms with Crippen LogP contribution >= 0.6 is 31.9 Å². The average molecular weight is 345 g/mol. The average Bonchev–Trinajstić information content (AvgIpc) is 2.23. The summed E-state index contributed by atoms with van der Waals surface area (Å²) in [5.41, 5.74) is 0.571. The van der Waals surface area contributed by atoms with Gasteiger partial charge in [0.25, 0.3) is 0 Å². The molecule has 1 aromatic rings. The molecule has 0 spiro atoms. The van der Waals surface area contributed by atoms with Crippen molar-refractivity contribution in [2.24, 2.45) is 5.92 Å². The van der Waals surface area contributed by atoms with Crippen LogP contribution in [0.4, 0.5) is 0 Å². The Hall–Kier alpha value is -0.660. The molecule has 0 bridgehead atoms. The van der Waals surface area contributed by atoms with E-state index in [0.29, 0.717) is 12.0 Å². The van der Waals surface area contributed by atoms with Crippen molar-refractivity contribution >= 4 is 37.6 Å². The molecule has 0 aliphatic heterocycles. The van der Waals surface area contributed by atoms with Gasteiger partial charge in [-0.05, 0) is 24.6 Å². The lowest BCUT2D eigenvalue weighted by Gasteiger charge is -2.07. The van der Waals surface area contributed by atoms with Crippen molar-refractivity contribution in [3.63, 3.8) is 0 Å². The topological polar surface area (TPSA) is 40.9 Å². The third-order valence-electron chi connectivity index (χ3n) is 2.20. The van der Waals surface area contributed by atoms with Crippen molar-refractivity contribution < 1.29 is 4.79 Å². The number of nitriles is 1. The monoisotopic (exact) mass is 343 g/mol. The van der Waals surface area contributed by atoms with Gasteiger partial charge in [0.1, 0.15) is 5.92 Å². The maximum Gasteiger partial charge on any atom is 0.180 e. The molecule has 1 atom stereocenters. The van der Waals surface area contributed by atoms with Crippen LogP contribution in [-0.2, 0) is 0 Å². The van der Waals surface area contributed by atoms with E-state index in [1.165, 1.54) is 0 Å². The highest BCUT2D eigenvalue weighted by atomic mass is 79.9. The van der Waals surface area contributed by atoms with Gasteiger partial charge in [0.05, 0.1) is 6.07 Å². The third kappa shape index (κ3) is 3.43. The van der Waals surface area contributed by atoms with Crippen LogP contribution in [0.5, 0.6) is 0 Å². The fourth-order valence-corrected chi connectivity index (χ4v) is 2.73. The van der Waals surface area contributed by atoms with E-state index in [1.807, 2.05) is 13.0 Å². The minimum absolute atomic E-state index is 0.105. The van der Waals surface area contributed by atoms with Crippen molar-refractivity contribution in [2.75, 3.05) is 0 Å². The zero-order valence-electron chi connectivity index (χ0n) is 8.84. The lowest BCUT2D eigenvalue weighted by atomic mass is 9.95. The number of ketones is 1. The first-order valence-corrected chi connectivity index (χ1v) is 6.57. The van der Waals surface area contributed by atoms with E-state index in [2.05, 4.69) is 37.9 Å². The summed E-state index contributed by atoms with van der Waals surface area (Å²) in [7, 11) is 0. The summed E-state index contributed by atoms with van der Waals surface area (Å²) in [5.74, 6) is -0.641. The van der Waals surface area contributed by atoms with Gasteiger partial charge in [-0.2, -0.15) is 5.26 Å². The largest absolute Gasteiger partial charge is 0.293 e. The molecular weight excluding hydrogens is 334 g/mol. The quantitative estimate of drug-likeness (QED) is 0.762.